The van der Waals surface area contributed by atoms with Crippen molar-refractivity contribution >= 4 is 12.1 Å². The van der Waals surface area contributed by atoms with Crippen LogP contribution in [0.15, 0.2) is 0 Å². The number of carboxylic acid groups (broad SMARTS) is 1. The molecule has 100 valence electrons. The number of hydrogen-bond acceptors (Lipinski definition) is 3. The van der Waals surface area contributed by atoms with E-state index in [9.17, 15) is 22.8 Å². The molecular weight excluding hydrogens is 243 g/mol. The Morgan fingerprint density at radius 1 is 1.41 bits per heavy atom. The number of carboxylic acids is 1. The predicted octanol–water partition coefficient (Wildman–Crippen LogP) is 1.92. The van der Waals surface area contributed by atoms with E-state index in [0.29, 0.717) is 12.8 Å². The summed E-state index contributed by atoms with van der Waals surface area (Å²) in [5.74, 6) is -1.30. The number of hydrogen-bond donors (Lipinski definition) is 2. The number of carbonyl (C=O) groups excluding carboxylic acids is 1. The zero-order valence-corrected chi connectivity index (χ0v) is 9.21. The van der Waals surface area contributed by atoms with Gasteiger partial charge in [0.05, 0.1) is 0 Å². The third-order valence-corrected chi connectivity index (χ3v) is 1.80. The van der Waals surface area contributed by atoms with Gasteiger partial charge < -0.3 is 15.2 Å². The number of carbonyl (C=O) groups is 2. The third-order valence-electron chi connectivity index (χ3n) is 1.80. The first-order chi connectivity index (χ1) is 7.76. The van der Waals surface area contributed by atoms with Gasteiger partial charge in [-0.3, -0.25) is 0 Å². The van der Waals surface area contributed by atoms with Crippen LogP contribution >= 0.6 is 0 Å². The molecule has 0 radical (unpaired) electrons. The Bertz CT molecular complexity index is 267. The van der Waals surface area contributed by atoms with Gasteiger partial charge in [-0.25, -0.2) is 9.59 Å². The highest BCUT2D eigenvalue weighted by molar-refractivity contribution is 5.79. The Hall–Kier alpha value is -1.47. The van der Waals surface area contributed by atoms with E-state index in [1.54, 1.807) is 0 Å². The number of halogens is 3. The third kappa shape index (κ3) is 8.35. The van der Waals surface area contributed by atoms with E-state index in [4.69, 9.17) is 5.11 Å². The van der Waals surface area contributed by atoms with E-state index in [-0.39, 0.29) is 6.42 Å². The van der Waals surface area contributed by atoms with Crippen LogP contribution in [0.1, 0.15) is 26.2 Å². The number of alkyl carbamates (subject to hydrolysis) is 1. The van der Waals surface area contributed by atoms with Gasteiger partial charge in [-0.15, -0.1) is 0 Å². The molecule has 0 fully saturated rings. The fraction of sp³-hybridized carbons (Fsp3) is 0.778. The van der Waals surface area contributed by atoms with E-state index in [1.807, 2.05) is 12.2 Å². The van der Waals surface area contributed by atoms with Crippen LogP contribution in [0.5, 0.6) is 0 Å². The van der Waals surface area contributed by atoms with E-state index in [0.717, 1.165) is 0 Å². The average molecular weight is 257 g/mol. The van der Waals surface area contributed by atoms with Gasteiger partial charge >= 0.3 is 18.2 Å². The van der Waals surface area contributed by atoms with Crippen molar-refractivity contribution in [2.45, 2.75) is 38.4 Å². The molecule has 0 aliphatic heterocycles. The lowest BCUT2D eigenvalue weighted by molar-refractivity contribution is -0.160. The maximum Gasteiger partial charge on any atom is 0.422 e. The summed E-state index contributed by atoms with van der Waals surface area (Å²) in [5, 5.41) is 10.5. The van der Waals surface area contributed by atoms with Gasteiger partial charge in [0.15, 0.2) is 6.61 Å². The van der Waals surface area contributed by atoms with Gasteiger partial charge in [0.2, 0.25) is 0 Å². The quantitative estimate of drug-likeness (QED) is 0.762. The summed E-state index contributed by atoms with van der Waals surface area (Å²) in [4.78, 5) is 21.5. The molecule has 0 rings (SSSR count). The molecule has 0 spiro atoms. The number of unbranched alkanes of at least 4 members (excludes halogenated alkanes) is 1. The summed E-state index contributed by atoms with van der Waals surface area (Å²) in [7, 11) is 0. The molecule has 0 aliphatic carbocycles. The minimum Gasteiger partial charge on any atom is -0.480 e. The highest BCUT2D eigenvalue weighted by Crippen LogP contribution is 2.14. The molecule has 0 aromatic rings. The highest BCUT2D eigenvalue weighted by atomic mass is 19.4. The molecule has 1 unspecified atom stereocenters. The predicted molar refractivity (Wildman–Crippen MR) is 51.5 cm³/mol. The largest absolute Gasteiger partial charge is 0.480 e. The molecule has 0 aromatic carbocycles. The lowest BCUT2D eigenvalue weighted by Gasteiger charge is -2.14. The lowest BCUT2D eigenvalue weighted by atomic mass is 10.1. The van der Waals surface area contributed by atoms with Crippen molar-refractivity contribution in [3.63, 3.8) is 0 Å². The van der Waals surface area contributed by atoms with Crippen LogP contribution in [0.2, 0.25) is 0 Å². The van der Waals surface area contributed by atoms with Crippen LogP contribution in [-0.4, -0.2) is 36.0 Å². The van der Waals surface area contributed by atoms with Crippen molar-refractivity contribution in [1.29, 1.82) is 0 Å². The van der Waals surface area contributed by atoms with Crippen LogP contribution in [0.4, 0.5) is 18.0 Å². The molecule has 2 N–H and O–H groups in total. The van der Waals surface area contributed by atoms with Gasteiger partial charge in [-0.1, -0.05) is 19.8 Å². The Morgan fingerprint density at radius 2 is 2.00 bits per heavy atom. The SMILES string of the molecule is CCCCC(NC(=O)OCC(F)(F)F)C(=O)O. The molecule has 0 bridgehead atoms. The van der Waals surface area contributed by atoms with Crippen LogP contribution < -0.4 is 5.32 Å². The highest BCUT2D eigenvalue weighted by Gasteiger charge is 2.30. The molecule has 0 aromatic heterocycles. The summed E-state index contributed by atoms with van der Waals surface area (Å²) < 4.78 is 38.9. The second-order valence-electron chi connectivity index (χ2n) is 3.37. The number of amides is 1. The first-order valence-electron chi connectivity index (χ1n) is 4.99. The summed E-state index contributed by atoms with van der Waals surface area (Å²) >= 11 is 0. The van der Waals surface area contributed by atoms with E-state index in [2.05, 4.69) is 4.74 Å². The Morgan fingerprint density at radius 3 is 2.41 bits per heavy atom. The zero-order valence-electron chi connectivity index (χ0n) is 9.21. The van der Waals surface area contributed by atoms with Crippen molar-refractivity contribution in [3.8, 4) is 0 Å². The fourth-order valence-electron chi connectivity index (χ4n) is 0.997. The van der Waals surface area contributed by atoms with E-state index in [1.165, 1.54) is 0 Å². The summed E-state index contributed by atoms with van der Waals surface area (Å²) in [6.45, 7) is 0.0832. The van der Waals surface area contributed by atoms with Gasteiger partial charge in [-0.2, -0.15) is 13.2 Å². The molecule has 0 saturated heterocycles. The lowest BCUT2D eigenvalue weighted by Crippen LogP contribution is -2.42. The number of ether oxygens (including phenoxy) is 1. The minimum atomic E-state index is -4.63. The van der Waals surface area contributed by atoms with Gasteiger partial charge in [0, 0.05) is 0 Å². The molecule has 0 saturated carbocycles. The Labute approximate surface area is 95.9 Å². The first kappa shape index (κ1) is 15.5. The van der Waals surface area contributed by atoms with Crippen molar-refractivity contribution in [3.05, 3.63) is 0 Å². The second kappa shape index (κ2) is 6.97. The molecule has 0 heterocycles. The van der Waals surface area contributed by atoms with Gasteiger partial charge in [0.1, 0.15) is 6.04 Å². The maximum absolute atomic E-state index is 11.7. The Balaban J connectivity index is 4.08. The summed E-state index contributed by atoms with van der Waals surface area (Å²) in [6.07, 6.45) is -4.61. The van der Waals surface area contributed by atoms with Crippen molar-refractivity contribution in [1.82, 2.24) is 5.32 Å². The normalized spacial score (nSPS) is 12.9. The zero-order chi connectivity index (χ0) is 13.5. The molecule has 1 amide bonds. The molecule has 5 nitrogen and oxygen atoms in total. The van der Waals surface area contributed by atoms with Gasteiger partial charge in [-0.05, 0) is 6.42 Å². The summed E-state index contributed by atoms with van der Waals surface area (Å²) in [6, 6.07) is -1.23. The van der Waals surface area contributed by atoms with Crippen molar-refractivity contribution in [2.24, 2.45) is 0 Å². The van der Waals surface area contributed by atoms with Crippen LogP contribution in [0.25, 0.3) is 0 Å². The Kier molecular flexibility index (Phi) is 6.37. The first-order valence-corrected chi connectivity index (χ1v) is 4.99. The fourth-order valence-corrected chi connectivity index (χ4v) is 0.997. The van der Waals surface area contributed by atoms with Crippen molar-refractivity contribution < 1.29 is 32.6 Å². The van der Waals surface area contributed by atoms with E-state index >= 15 is 0 Å². The number of alkyl halides is 3. The van der Waals surface area contributed by atoms with Gasteiger partial charge in [0.25, 0.3) is 0 Å². The molecule has 0 aliphatic rings. The topological polar surface area (TPSA) is 75.6 Å². The average Bonchev–Trinajstić information content (AvgIpc) is 2.19. The van der Waals surface area contributed by atoms with Crippen LogP contribution in [0.3, 0.4) is 0 Å². The smallest absolute Gasteiger partial charge is 0.422 e. The molecule has 1 atom stereocenters. The number of nitrogens with one attached hydrogen (secondary N) is 1. The molecule has 17 heavy (non-hydrogen) atoms. The maximum atomic E-state index is 11.7. The number of rotatable bonds is 6. The molecular formula is C9H14F3NO4. The molecule has 8 heteroatoms. The second-order valence-corrected chi connectivity index (χ2v) is 3.37. The van der Waals surface area contributed by atoms with Crippen LogP contribution in [0, 0.1) is 0 Å². The van der Waals surface area contributed by atoms with E-state index < -0.39 is 30.9 Å². The van der Waals surface area contributed by atoms with Crippen LogP contribution in [-0.2, 0) is 9.53 Å². The standard InChI is InChI=1S/C9H14F3NO4/c1-2-3-4-6(7(14)15)13-8(16)17-5-9(10,11)12/h6H,2-5H2,1H3,(H,13,16)(H,14,15). The monoisotopic (exact) mass is 257 g/mol. The van der Waals surface area contributed by atoms with Crippen molar-refractivity contribution in [2.75, 3.05) is 6.61 Å². The minimum absolute atomic E-state index is 0.146. The number of aliphatic carboxylic acids is 1. The summed E-state index contributed by atoms with van der Waals surface area (Å²) in [5.41, 5.74) is 0.